The van der Waals surface area contributed by atoms with Crippen molar-refractivity contribution in [3.05, 3.63) is 42.1 Å². The van der Waals surface area contributed by atoms with Gasteiger partial charge in [0.1, 0.15) is 10.8 Å². The van der Waals surface area contributed by atoms with Gasteiger partial charge in [0.15, 0.2) is 10.5 Å². The Labute approximate surface area is 169 Å². The third kappa shape index (κ3) is 3.27. The fourth-order valence-corrected chi connectivity index (χ4v) is 5.84. The molecule has 1 aromatic carbocycles. The maximum absolute atomic E-state index is 13.4. The van der Waals surface area contributed by atoms with E-state index in [1.807, 2.05) is 19.2 Å². The van der Waals surface area contributed by atoms with Crippen molar-refractivity contribution in [1.29, 1.82) is 0 Å². The number of anilines is 1. The summed E-state index contributed by atoms with van der Waals surface area (Å²) in [5.74, 6) is 0.889. The molecule has 4 rings (SSSR count). The van der Waals surface area contributed by atoms with E-state index in [1.165, 1.54) is 11.8 Å². The zero-order valence-corrected chi connectivity index (χ0v) is 17.8. The van der Waals surface area contributed by atoms with Crippen LogP contribution < -0.4 is 4.90 Å². The zero-order valence-electron chi connectivity index (χ0n) is 16.2. The maximum atomic E-state index is 13.4. The van der Waals surface area contributed by atoms with E-state index in [4.69, 9.17) is 0 Å². The van der Waals surface area contributed by atoms with Gasteiger partial charge < -0.3 is 9.80 Å². The fourth-order valence-electron chi connectivity index (χ4n) is 3.43. The Morgan fingerprint density at radius 2 is 1.75 bits per heavy atom. The Morgan fingerprint density at radius 3 is 2.39 bits per heavy atom. The van der Waals surface area contributed by atoms with Crippen LogP contribution in [-0.4, -0.2) is 67.4 Å². The summed E-state index contributed by atoms with van der Waals surface area (Å²) in [6, 6.07) is 10.5. The Kier molecular flexibility index (Phi) is 5.07. The number of rotatable bonds is 4. The van der Waals surface area contributed by atoms with Crippen molar-refractivity contribution in [2.75, 3.05) is 44.4 Å². The van der Waals surface area contributed by atoms with Crippen molar-refractivity contribution >= 4 is 33.1 Å². The van der Waals surface area contributed by atoms with Gasteiger partial charge in [-0.1, -0.05) is 18.2 Å². The fraction of sp³-hybridized carbons (Fsp3) is 0.368. The van der Waals surface area contributed by atoms with Crippen molar-refractivity contribution in [2.45, 2.75) is 21.7 Å². The van der Waals surface area contributed by atoms with Crippen LogP contribution in [0.3, 0.4) is 0 Å². The summed E-state index contributed by atoms with van der Waals surface area (Å²) in [5.41, 5.74) is 1.17. The minimum absolute atomic E-state index is 0.185. The van der Waals surface area contributed by atoms with Gasteiger partial charge in [-0.25, -0.2) is 13.4 Å². The Hall–Kier alpha value is -2.10. The molecule has 9 heteroatoms. The van der Waals surface area contributed by atoms with E-state index in [-0.39, 0.29) is 9.79 Å². The van der Waals surface area contributed by atoms with Gasteiger partial charge in [-0.15, -0.1) is 11.8 Å². The van der Waals surface area contributed by atoms with Crippen LogP contribution in [0.1, 0.15) is 5.69 Å². The van der Waals surface area contributed by atoms with Crippen LogP contribution in [-0.2, 0) is 9.84 Å². The normalized spacial score (nSPS) is 16.0. The molecule has 1 aliphatic rings. The Morgan fingerprint density at radius 1 is 1.07 bits per heavy atom. The van der Waals surface area contributed by atoms with Crippen LogP contribution >= 0.6 is 11.8 Å². The molecule has 0 radical (unpaired) electrons. The molecular formula is C19H23N5O2S2. The lowest BCUT2D eigenvalue weighted by molar-refractivity contribution is 0.311. The van der Waals surface area contributed by atoms with E-state index in [0.717, 1.165) is 37.7 Å². The van der Waals surface area contributed by atoms with E-state index < -0.39 is 9.84 Å². The first-order chi connectivity index (χ1) is 13.4. The first-order valence-corrected chi connectivity index (χ1v) is 11.8. The van der Waals surface area contributed by atoms with Gasteiger partial charge in [-0.2, -0.15) is 9.61 Å². The van der Waals surface area contributed by atoms with Gasteiger partial charge in [0.05, 0.1) is 4.90 Å². The summed E-state index contributed by atoms with van der Waals surface area (Å²) in [4.78, 5) is 9.55. The Balaban J connectivity index is 1.93. The molecule has 148 valence electrons. The largest absolute Gasteiger partial charge is 0.354 e. The van der Waals surface area contributed by atoms with E-state index in [0.29, 0.717) is 10.7 Å². The van der Waals surface area contributed by atoms with Gasteiger partial charge in [0.25, 0.3) is 0 Å². The molecule has 0 saturated carbocycles. The van der Waals surface area contributed by atoms with Crippen LogP contribution in [0.5, 0.6) is 0 Å². The molecule has 3 aromatic rings. The topological polar surface area (TPSA) is 70.8 Å². The number of hydrogen-bond acceptors (Lipinski definition) is 7. The minimum atomic E-state index is -3.73. The minimum Gasteiger partial charge on any atom is -0.354 e. The average molecular weight is 418 g/mol. The summed E-state index contributed by atoms with van der Waals surface area (Å²) in [7, 11) is -1.63. The molecule has 3 heterocycles. The molecule has 1 saturated heterocycles. The van der Waals surface area contributed by atoms with Gasteiger partial charge in [0, 0.05) is 37.9 Å². The summed E-state index contributed by atoms with van der Waals surface area (Å²) in [6.07, 6.45) is 1.84. The number of nitrogens with zero attached hydrogens (tertiary/aromatic N) is 5. The van der Waals surface area contributed by atoms with Crippen LogP contribution in [0, 0.1) is 6.92 Å². The van der Waals surface area contributed by atoms with Crippen LogP contribution in [0.25, 0.3) is 5.65 Å². The number of piperazine rings is 1. The molecule has 7 nitrogen and oxygen atoms in total. The van der Waals surface area contributed by atoms with Gasteiger partial charge >= 0.3 is 0 Å². The molecular weight excluding hydrogens is 394 g/mol. The van der Waals surface area contributed by atoms with E-state index >= 15 is 0 Å². The predicted octanol–water partition coefficient (Wildman–Crippen LogP) is 2.34. The number of aromatic nitrogens is 3. The number of sulfone groups is 1. The lowest BCUT2D eigenvalue weighted by Crippen LogP contribution is -2.45. The average Bonchev–Trinajstić information content (AvgIpc) is 3.08. The highest BCUT2D eigenvalue weighted by Crippen LogP contribution is 2.34. The van der Waals surface area contributed by atoms with Crippen LogP contribution in [0.4, 0.5) is 5.82 Å². The second-order valence-corrected chi connectivity index (χ2v) is 9.62. The van der Waals surface area contributed by atoms with Crippen molar-refractivity contribution in [2.24, 2.45) is 0 Å². The maximum Gasteiger partial charge on any atom is 0.213 e. The third-order valence-corrected chi connectivity index (χ3v) is 7.58. The van der Waals surface area contributed by atoms with Crippen molar-refractivity contribution < 1.29 is 8.42 Å². The molecule has 0 atom stereocenters. The summed E-state index contributed by atoms with van der Waals surface area (Å²) in [6.45, 7) is 5.53. The van der Waals surface area contributed by atoms with E-state index in [2.05, 4.69) is 26.9 Å². The van der Waals surface area contributed by atoms with E-state index in [1.54, 1.807) is 34.8 Å². The SMILES string of the molecule is CSc1nn2c(N3CCN(C)CC3)cc(C)nc2c1S(=O)(=O)c1ccccc1. The Bertz CT molecular complexity index is 1100. The quantitative estimate of drug-likeness (QED) is 0.604. The third-order valence-electron chi connectivity index (χ3n) is 4.97. The van der Waals surface area contributed by atoms with Crippen molar-refractivity contribution in [3.8, 4) is 0 Å². The lowest BCUT2D eigenvalue weighted by Gasteiger charge is -2.34. The van der Waals surface area contributed by atoms with Gasteiger partial charge in [-0.3, -0.25) is 0 Å². The molecule has 0 N–H and O–H groups in total. The number of benzene rings is 1. The first kappa shape index (κ1) is 19.2. The van der Waals surface area contributed by atoms with Crippen molar-refractivity contribution in [3.63, 3.8) is 0 Å². The number of thioether (sulfide) groups is 1. The molecule has 1 aliphatic heterocycles. The highest BCUT2D eigenvalue weighted by molar-refractivity contribution is 7.99. The molecule has 0 aliphatic carbocycles. The molecule has 0 bridgehead atoms. The molecule has 0 spiro atoms. The van der Waals surface area contributed by atoms with Gasteiger partial charge in [0.2, 0.25) is 9.84 Å². The standard InChI is InChI=1S/C19H23N5O2S2/c1-14-13-16(23-11-9-22(2)10-12-23)24-18(20-14)17(19(21-24)27-3)28(25,26)15-7-5-4-6-8-15/h4-8,13H,9-12H2,1-3H3. The summed E-state index contributed by atoms with van der Waals surface area (Å²) >= 11 is 1.33. The van der Waals surface area contributed by atoms with Crippen LogP contribution in [0.2, 0.25) is 0 Å². The number of likely N-dealkylation sites (N-methyl/N-ethyl adjacent to an activating group) is 1. The molecule has 2 aromatic heterocycles. The second kappa shape index (κ2) is 7.38. The summed E-state index contributed by atoms with van der Waals surface area (Å²) < 4.78 is 28.5. The molecule has 0 amide bonds. The van der Waals surface area contributed by atoms with Crippen molar-refractivity contribution in [1.82, 2.24) is 19.5 Å². The number of fused-ring (bicyclic) bond motifs is 1. The predicted molar refractivity (Wildman–Crippen MR) is 111 cm³/mol. The second-order valence-electron chi connectivity index (χ2n) is 6.94. The molecule has 0 unspecified atom stereocenters. The summed E-state index contributed by atoms with van der Waals surface area (Å²) in [5, 5.41) is 5.11. The highest BCUT2D eigenvalue weighted by atomic mass is 32.2. The van der Waals surface area contributed by atoms with E-state index in [9.17, 15) is 8.42 Å². The highest BCUT2D eigenvalue weighted by Gasteiger charge is 2.30. The van der Waals surface area contributed by atoms with Crippen LogP contribution in [0.15, 0.2) is 51.2 Å². The monoisotopic (exact) mass is 417 g/mol. The first-order valence-electron chi connectivity index (χ1n) is 9.10. The number of aryl methyl sites for hydroxylation is 1. The zero-order chi connectivity index (χ0) is 19.9. The smallest absolute Gasteiger partial charge is 0.213 e. The lowest BCUT2D eigenvalue weighted by atomic mass is 10.3. The number of hydrogen-bond donors (Lipinski definition) is 0. The molecule has 28 heavy (non-hydrogen) atoms. The van der Waals surface area contributed by atoms with Gasteiger partial charge in [-0.05, 0) is 32.4 Å². The molecule has 1 fully saturated rings.